The summed E-state index contributed by atoms with van der Waals surface area (Å²) >= 11 is 1.79. The van der Waals surface area contributed by atoms with E-state index in [1.165, 1.54) is 10.4 Å². The van der Waals surface area contributed by atoms with Gasteiger partial charge < -0.3 is 10.1 Å². The molecule has 2 rings (SSSR count). The van der Waals surface area contributed by atoms with Gasteiger partial charge in [0, 0.05) is 17.0 Å². The first-order valence-electron chi connectivity index (χ1n) is 6.64. The van der Waals surface area contributed by atoms with Crippen LogP contribution in [0.1, 0.15) is 30.3 Å². The van der Waals surface area contributed by atoms with Crippen LogP contribution in [0.5, 0.6) is 5.75 Å². The summed E-state index contributed by atoms with van der Waals surface area (Å²) in [7, 11) is 0. The minimum Gasteiger partial charge on any atom is -0.492 e. The van der Waals surface area contributed by atoms with Crippen molar-refractivity contribution >= 4 is 11.3 Å². The number of nitrogens with one attached hydrogen (secondary N) is 1. The monoisotopic (exact) mass is 275 g/mol. The lowest BCUT2D eigenvalue weighted by atomic mass is 10.2. The Hall–Kier alpha value is -1.32. The normalized spacial score (nSPS) is 14.1. The van der Waals surface area contributed by atoms with E-state index in [1.807, 2.05) is 12.1 Å². The molecule has 2 aromatic rings. The van der Waals surface area contributed by atoms with Gasteiger partial charge >= 0.3 is 0 Å². The van der Waals surface area contributed by atoms with Gasteiger partial charge in [-0.2, -0.15) is 0 Å². The van der Waals surface area contributed by atoms with Crippen LogP contribution in [0, 0.1) is 6.92 Å². The van der Waals surface area contributed by atoms with E-state index in [0.717, 1.165) is 5.75 Å². The molecule has 1 N–H and O–H groups in total. The van der Waals surface area contributed by atoms with Gasteiger partial charge in [0.2, 0.25) is 0 Å². The zero-order valence-electron chi connectivity index (χ0n) is 11.7. The molecule has 2 unspecified atom stereocenters. The second kappa shape index (κ2) is 6.73. The van der Waals surface area contributed by atoms with Gasteiger partial charge in [-0.1, -0.05) is 23.8 Å². The highest BCUT2D eigenvalue weighted by Gasteiger charge is 2.10. The van der Waals surface area contributed by atoms with Crippen LogP contribution in [0.4, 0.5) is 0 Å². The molecule has 3 heteroatoms. The molecular formula is C16H21NOS. The summed E-state index contributed by atoms with van der Waals surface area (Å²) in [6, 6.07) is 13.1. The molecule has 1 heterocycles. The Morgan fingerprint density at radius 3 is 2.53 bits per heavy atom. The van der Waals surface area contributed by atoms with Crippen LogP contribution >= 0.6 is 11.3 Å². The Balaban J connectivity index is 1.78. The van der Waals surface area contributed by atoms with Crippen molar-refractivity contribution in [1.29, 1.82) is 0 Å². The quantitative estimate of drug-likeness (QED) is 0.854. The molecule has 0 saturated heterocycles. The Morgan fingerprint density at radius 2 is 1.89 bits per heavy atom. The van der Waals surface area contributed by atoms with Crippen LogP contribution < -0.4 is 10.1 Å². The second-order valence-corrected chi connectivity index (χ2v) is 5.91. The lowest BCUT2D eigenvalue weighted by molar-refractivity contribution is 0.264. The van der Waals surface area contributed by atoms with E-state index in [-0.39, 0.29) is 0 Å². The summed E-state index contributed by atoms with van der Waals surface area (Å²) in [5, 5.41) is 5.66. The molecule has 0 bridgehead atoms. The molecule has 0 fully saturated rings. The van der Waals surface area contributed by atoms with E-state index >= 15 is 0 Å². The van der Waals surface area contributed by atoms with Crippen LogP contribution in [0.3, 0.4) is 0 Å². The third-order valence-electron chi connectivity index (χ3n) is 3.03. The molecule has 0 radical (unpaired) electrons. The van der Waals surface area contributed by atoms with E-state index < -0.39 is 0 Å². The van der Waals surface area contributed by atoms with Crippen molar-refractivity contribution in [2.24, 2.45) is 0 Å². The Bertz CT molecular complexity index is 478. The lowest BCUT2D eigenvalue weighted by Crippen LogP contribution is -2.33. The summed E-state index contributed by atoms with van der Waals surface area (Å²) in [5.74, 6) is 0.933. The standard InChI is InChI=1S/C16H21NOS/c1-12-6-8-15(9-7-12)18-11-13(2)17-14(3)16-5-4-10-19-16/h4-10,13-14,17H,11H2,1-3H3. The average molecular weight is 275 g/mol. The predicted octanol–water partition coefficient (Wildman–Crippen LogP) is 4.17. The summed E-state index contributed by atoms with van der Waals surface area (Å²) < 4.78 is 5.78. The smallest absolute Gasteiger partial charge is 0.119 e. The van der Waals surface area contributed by atoms with Gasteiger partial charge in [-0.25, -0.2) is 0 Å². The molecule has 1 aromatic carbocycles. The summed E-state index contributed by atoms with van der Waals surface area (Å²) in [4.78, 5) is 1.36. The molecule has 0 spiro atoms. The van der Waals surface area contributed by atoms with E-state index in [4.69, 9.17) is 4.74 Å². The average Bonchev–Trinajstić information content (AvgIpc) is 2.92. The molecule has 2 atom stereocenters. The van der Waals surface area contributed by atoms with Crippen molar-refractivity contribution in [3.05, 3.63) is 52.2 Å². The minimum absolute atomic E-state index is 0.318. The summed E-state index contributed by atoms with van der Waals surface area (Å²) in [6.45, 7) is 7.10. The second-order valence-electron chi connectivity index (χ2n) is 4.93. The molecule has 0 aliphatic heterocycles. The van der Waals surface area contributed by atoms with E-state index in [1.54, 1.807) is 11.3 Å². The molecule has 19 heavy (non-hydrogen) atoms. The molecule has 2 nitrogen and oxygen atoms in total. The number of benzene rings is 1. The fourth-order valence-corrected chi connectivity index (χ4v) is 2.69. The minimum atomic E-state index is 0.318. The number of hydrogen-bond acceptors (Lipinski definition) is 3. The van der Waals surface area contributed by atoms with Crippen LogP contribution in [0.2, 0.25) is 0 Å². The maximum atomic E-state index is 5.78. The SMILES string of the molecule is Cc1ccc(OCC(C)NC(C)c2cccs2)cc1. The maximum Gasteiger partial charge on any atom is 0.119 e. The van der Waals surface area contributed by atoms with E-state index in [2.05, 4.69) is 55.7 Å². The van der Waals surface area contributed by atoms with Crippen LogP contribution in [-0.4, -0.2) is 12.6 Å². The first-order valence-corrected chi connectivity index (χ1v) is 7.52. The van der Waals surface area contributed by atoms with Gasteiger partial charge in [-0.05, 0) is 44.4 Å². The maximum absolute atomic E-state index is 5.78. The zero-order chi connectivity index (χ0) is 13.7. The highest BCUT2D eigenvalue weighted by atomic mass is 32.1. The summed E-state index contributed by atoms with van der Waals surface area (Å²) in [6.07, 6.45) is 0. The Labute approximate surface area is 119 Å². The van der Waals surface area contributed by atoms with Crippen LogP contribution in [0.25, 0.3) is 0 Å². The number of hydrogen-bond donors (Lipinski definition) is 1. The molecule has 0 amide bonds. The fraction of sp³-hybridized carbons (Fsp3) is 0.375. The number of ether oxygens (including phenoxy) is 1. The number of aryl methyl sites for hydroxylation is 1. The fourth-order valence-electron chi connectivity index (χ4n) is 1.95. The first-order chi connectivity index (χ1) is 9.15. The molecule has 1 aromatic heterocycles. The predicted molar refractivity (Wildman–Crippen MR) is 82.0 cm³/mol. The Kier molecular flexibility index (Phi) is 5.00. The van der Waals surface area contributed by atoms with Gasteiger partial charge in [-0.3, -0.25) is 0 Å². The van der Waals surface area contributed by atoms with Gasteiger partial charge in [-0.15, -0.1) is 11.3 Å². The number of rotatable bonds is 6. The molecular weight excluding hydrogens is 254 g/mol. The highest BCUT2D eigenvalue weighted by Crippen LogP contribution is 2.19. The van der Waals surface area contributed by atoms with Gasteiger partial charge in [0.25, 0.3) is 0 Å². The van der Waals surface area contributed by atoms with Crippen LogP contribution in [-0.2, 0) is 0 Å². The van der Waals surface area contributed by atoms with Gasteiger partial charge in [0.05, 0.1) is 0 Å². The van der Waals surface area contributed by atoms with Crippen LogP contribution in [0.15, 0.2) is 41.8 Å². The van der Waals surface area contributed by atoms with Crippen molar-refractivity contribution in [2.45, 2.75) is 32.9 Å². The molecule has 0 saturated carbocycles. The van der Waals surface area contributed by atoms with Crippen molar-refractivity contribution < 1.29 is 4.74 Å². The largest absolute Gasteiger partial charge is 0.492 e. The Morgan fingerprint density at radius 1 is 1.16 bits per heavy atom. The van der Waals surface area contributed by atoms with Gasteiger partial charge in [0.15, 0.2) is 0 Å². The van der Waals surface area contributed by atoms with Crippen molar-refractivity contribution in [1.82, 2.24) is 5.32 Å². The third kappa shape index (κ3) is 4.37. The first kappa shape index (κ1) is 14.1. The highest BCUT2D eigenvalue weighted by molar-refractivity contribution is 7.10. The van der Waals surface area contributed by atoms with Crippen molar-refractivity contribution in [2.75, 3.05) is 6.61 Å². The van der Waals surface area contributed by atoms with Gasteiger partial charge in [0.1, 0.15) is 12.4 Å². The lowest BCUT2D eigenvalue weighted by Gasteiger charge is -2.19. The molecule has 0 aliphatic rings. The summed E-state index contributed by atoms with van der Waals surface area (Å²) in [5.41, 5.74) is 1.25. The van der Waals surface area contributed by atoms with Crippen molar-refractivity contribution in [3.63, 3.8) is 0 Å². The topological polar surface area (TPSA) is 21.3 Å². The number of thiophene rings is 1. The van der Waals surface area contributed by atoms with E-state index in [0.29, 0.717) is 18.7 Å². The molecule has 0 aliphatic carbocycles. The molecule has 102 valence electrons. The van der Waals surface area contributed by atoms with E-state index in [9.17, 15) is 0 Å². The zero-order valence-corrected chi connectivity index (χ0v) is 12.5. The van der Waals surface area contributed by atoms with Crippen molar-refractivity contribution in [3.8, 4) is 5.75 Å². The third-order valence-corrected chi connectivity index (χ3v) is 4.08.